The molecule has 1 amide bonds. The van der Waals surface area contributed by atoms with E-state index in [0.717, 1.165) is 0 Å². The molecule has 0 bridgehead atoms. The van der Waals surface area contributed by atoms with Crippen LogP contribution < -0.4 is 5.32 Å². The first-order valence-electron chi connectivity index (χ1n) is 5.90. The lowest BCUT2D eigenvalue weighted by Crippen LogP contribution is -2.57. The van der Waals surface area contributed by atoms with Crippen LogP contribution >= 0.6 is 0 Å². The minimum Gasteiger partial charge on any atom is -0.481 e. The van der Waals surface area contributed by atoms with E-state index in [2.05, 4.69) is 5.32 Å². The number of amides is 1. The molecule has 0 atom stereocenters. The first-order valence-corrected chi connectivity index (χ1v) is 5.90. The zero-order chi connectivity index (χ0) is 14.8. The fraction of sp³-hybridized carbons (Fsp3) is 0.429. The molecule has 0 aliphatic carbocycles. The van der Waals surface area contributed by atoms with Crippen molar-refractivity contribution >= 4 is 11.9 Å². The normalized spacial score (nSPS) is 12.1. The number of carbonyl (C=O) groups is 2. The van der Waals surface area contributed by atoms with Gasteiger partial charge in [0, 0.05) is 0 Å². The molecule has 2 N–H and O–H groups in total. The van der Waals surface area contributed by atoms with Gasteiger partial charge in [0.1, 0.15) is 5.82 Å². The highest BCUT2D eigenvalue weighted by molar-refractivity contribution is 5.95. The summed E-state index contributed by atoms with van der Waals surface area (Å²) in [6.07, 6.45) is 0. The number of hydrogen-bond acceptors (Lipinski definition) is 2. The lowest BCUT2D eigenvalue weighted by molar-refractivity contribution is -0.150. The first kappa shape index (κ1) is 15.1. The Kier molecular flexibility index (Phi) is 3.98. The second-order valence-corrected chi connectivity index (χ2v) is 5.49. The van der Waals surface area contributed by atoms with Gasteiger partial charge in [0.25, 0.3) is 5.91 Å². The van der Waals surface area contributed by atoms with Gasteiger partial charge in [0.05, 0.1) is 16.5 Å². The van der Waals surface area contributed by atoms with Crippen LogP contribution in [0.5, 0.6) is 0 Å². The number of carboxylic acid groups (broad SMARTS) is 1. The summed E-state index contributed by atoms with van der Waals surface area (Å²) in [7, 11) is 0. The molecular weight excluding hydrogens is 249 g/mol. The highest BCUT2D eigenvalue weighted by Crippen LogP contribution is 2.31. The van der Waals surface area contributed by atoms with Crippen molar-refractivity contribution in [2.45, 2.75) is 33.2 Å². The molecule has 0 saturated carbocycles. The van der Waals surface area contributed by atoms with E-state index in [4.69, 9.17) is 0 Å². The molecule has 0 heterocycles. The van der Waals surface area contributed by atoms with E-state index in [1.165, 1.54) is 32.0 Å². The number of rotatable bonds is 4. The summed E-state index contributed by atoms with van der Waals surface area (Å²) in [6, 6.07) is 5.57. The second-order valence-electron chi connectivity index (χ2n) is 5.49. The van der Waals surface area contributed by atoms with Gasteiger partial charge >= 0.3 is 5.97 Å². The van der Waals surface area contributed by atoms with Gasteiger partial charge in [-0.1, -0.05) is 12.1 Å². The average Bonchev–Trinajstić information content (AvgIpc) is 2.28. The van der Waals surface area contributed by atoms with Crippen molar-refractivity contribution in [3.05, 3.63) is 35.6 Å². The molecule has 0 radical (unpaired) electrons. The second kappa shape index (κ2) is 4.99. The number of aliphatic carboxylic acids is 1. The lowest BCUT2D eigenvalue weighted by atomic mass is 9.74. The Morgan fingerprint density at radius 3 is 2.16 bits per heavy atom. The Balaban J connectivity index is 3.00. The van der Waals surface area contributed by atoms with Crippen LogP contribution in [0.3, 0.4) is 0 Å². The monoisotopic (exact) mass is 267 g/mol. The maximum atomic E-state index is 13.5. The zero-order valence-electron chi connectivity index (χ0n) is 11.5. The Hall–Kier alpha value is -1.91. The highest BCUT2D eigenvalue weighted by atomic mass is 19.1. The molecule has 0 unspecified atom stereocenters. The van der Waals surface area contributed by atoms with Crippen molar-refractivity contribution in [3.8, 4) is 0 Å². The quantitative estimate of drug-likeness (QED) is 0.880. The number of carboxylic acids is 1. The van der Waals surface area contributed by atoms with E-state index in [1.807, 2.05) is 0 Å². The molecule has 0 aliphatic rings. The van der Waals surface area contributed by atoms with Crippen LogP contribution in [0.1, 0.15) is 38.1 Å². The van der Waals surface area contributed by atoms with Crippen LogP contribution in [0.15, 0.2) is 24.3 Å². The minimum atomic E-state index is -1.19. The predicted molar refractivity (Wildman–Crippen MR) is 69.4 cm³/mol. The number of halogens is 1. The van der Waals surface area contributed by atoms with Gasteiger partial charge in [0.15, 0.2) is 0 Å². The summed E-state index contributed by atoms with van der Waals surface area (Å²) in [6.45, 7) is 6.22. The third-order valence-corrected chi connectivity index (χ3v) is 3.64. The molecule has 0 fully saturated rings. The standard InChI is InChI=1S/C14H18FNO3/c1-13(2,12(18)19)14(3,4)16-11(17)9-7-5-6-8-10(9)15/h5-8H,1-4H3,(H,16,17)(H,18,19). The van der Waals surface area contributed by atoms with Crippen molar-refractivity contribution in [1.29, 1.82) is 0 Å². The Morgan fingerprint density at radius 2 is 1.68 bits per heavy atom. The van der Waals surface area contributed by atoms with Crippen LogP contribution in [0.4, 0.5) is 4.39 Å². The predicted octanol–water partition coefficient (Wildman–Crippen LogP) is 2.44. The van der Waals surface area contributed by atoms with Crippen molar-refractivity contribution in [2.75, 3.05) is 0 Å². The molecular formula is C14H18FNO3. The van der Waals surface area contributed by atoms with Crippen LogP contribution in [0.2, 0.25) is 0 Å². The average molecular weight is 267 g/mol. The fourth-order valence-corrected chi connectivity index (χ4v) is 1.42. The third-order valence-electron chi connectivity index (χ3n) is 3.64. The van der Waals surface area contributed by atoms with Gasteiger partial charge in [-0.05, 0) is 39.8 Å². The zero-order valence-corrected chi connectivity index (χ0v) is 11.5. The summed E-state index contributed by atoms with van der Waals surface area (Å²) in [5.41, 5.74) is -2.32. The lowest BCUT2D eigenvalue weighted by Gasteiger charge is -2.38. The maximum Gasteiger partial charge on any atom is 0.311 e. The SMILES string of the molecule is CC(C)(NC(=O)c1ccccc1F)C(C)(C)C(=O)O. The molecule has 0 saturated heterocycles. The van der Waals surface area contributed by atoms with Crippen LogP contribution in [0, 0.1) is 11.2 Å². The summed E-state index contributed by atoms with van der Waals surface area (Å²) in [5.74, 6) is -2.30. The number of benzene rings is 1. The minimum absolute atomic E-state index is 0.100. The molecule has 19 heavy (non-hydrogen) atoms. The summed E-state index contributed by atoms with van der Waals surface area (Å²) >= 11 is 0. The summed E-state index contributed by atoms with van der Waals surface area (Å²) in [5, 5.41) is 11.8. The van der Waals surface area contributed by atoms with Gasteiger partial charge in [-0.3, -0.25) is 9.59 Å². The van der Waals surface area contributed by atoms with Crippen molar-refractivity contribution in [2.24, 2.45) is 5.41 Å². The Labute approximate surface area is 111 Å². The number of carbonyl (C=O) groups excluding carboxylic acids is 1. The molecule has 0 aliphatic heterocycles. The molecule has 4 nitrogen and oxygen atoms in total. The molecule has 5 heteroatoms. The Bertz CT molecular complexity index is 509. The topological polar surface area (TPSA) is 66.4 Å². The van der Waals surface area contributed by atoms with E-state index < -0.39 is 28.6 Å². The molecule has 1 aromatic rings. The summed E-state index contributed by atoms with van der Waals surface area (Å²) < 4.78 is 13.5. The fourth-order valence-electron chi connectivity index (χ4n) is 1.42. The van der Waals surface area contributed by atoms with Gasteiger partial charge in [0.2, 0.25) is 0 Å². The molecule has 104 valence electrons. The van der Waals surface area contributed by atoms with E-state index >= 15 is 0 Å². The highest BCUT2D eigenvalue weighted by Gasteiger charge is 2.44. The van der Waals surface area contributed by atoms with Crippen molar-refractivity contribution in [1.82, 2.24) is 5.32 Å². The van der Waals surface area contributed by atoms with Gasteiger partial charge in [-0.25, -0.2) is 4.39 Å². The Morgan fingerprint density at radius 1 is 1.16 bits per heavy atom. The van der Waals surface area contributed by atoms with E-state index in [-0.39, 0.29) is 5.56 Å². The third kappa shape index (κ3) is 2.92. The van der Waals surface area contributed by atoms with Gasteiger partial charge < -0.3 is 10.4 Å². The van der Waals surface area contributed by atoms with Gasteiger partial charge in [-0.2, -0.15) is 0 Å². The number of hydrogen-bond donors (Lipinski definition) is 2. The van der Waals surface area contributed by atoms with Crippen molar-refractivity contribution in [3.63, 3.8) is 0 Å². The van der Waals surface area contributed by atoms with Crippen LogP contribution in [0.25, 0.3) is 0 Å². The largest absolute Gasteiger partial charge is 0.481 e. The van der Waals surface area contributed by atoms with E-state index in [0.29, 0.717) is 0 Å². The molecule has 0 aromatic heterocycles. The first-order chi connectivity index (χ1) is 8.59. The van der Waals surface area contributed by atoms with E-state index in [9.17, 15) is 19.1 Å². The summed E-state index contributed by atoms with van der Waals surface area (Å²) in [4.78, 5) is 23.2. The van der Waals surface area contributed by atoms with E-state index in [1.54, 1.807) is 19.9 Å². The molecule has 1 rings (SSSR count). The van der Waals surface area contributed by atoms with Crippen LogP contribution in [-0.4, -0.2) is 22.5 Å². The van der Waals surface area contributed by atoms with Crippen molar-refractivity contribution < 1.29 is 19.1 Å². The maximum absolute atomic E-state index is 13.5. The number of nitrogens with one attached hydrogen (secondary N) is 1. The molecule has 1 aromatic carbocycles. The van der Waals surface area contributed by atoms with Crippen LogP contribution in [-0.2, 0) is 4.79 Å². The smallest absolute Gasteiger partial charge is 0.311 e. The molecule has 0 spiro atoms. The van der Waals surface area contributed by atoms with Gasteiger partial charge in [-0.15, -0.1) is 0 Å².